The lowest BCUT2D eigenvalue weighted by molar-refractivity contribution is -0.118. The summed E-state index contributed by atoms with van der Waals surface area (Å²) in [6.45, 7) is 6.08. The Kier molecular flexibility index (Phi) is 4.99. The molecule has 2 rings (SSSR count). The Labute approximate surface area is 126 Å². The smallest absolute Gasteiger partial charge is 0.262 e. The van der Waals surface area contributed by atoms with Crippen LogP contribution in [0.5, 0.6) is 5.75 Å². The summed E-state index contributed by atoms with van der Waals surface area (Å²) in [5.41, 5.74) is 4.22. The predicted molar refractivity (Wildman–Crippen MR) is 85.9 cm³/mol. The van der Waals surface area contributed by atoms with Crippen molar-refractivity contribution in [3.63, 3.8) is 0 Å². The first-order chi connectivity index (χ1) is 10.1. The molecule has 110 valence electrons. The van der Waals surface area contributed by atoms with Gasteiger partial charge in [-0.2, -0.15) is 0 Å². The standard InChI is InChI=1S/C18H21NO2/c1-4-15-9-6-8-14(3)18(15)19-17(20)12-21-16-10-5-7-13(2)11-16/h5-11H,4,12H2,1-3H3,(H,19,20). The first kappa shape index (κ1) is 15.1. The molecular formula is C18H21NO2. The number of para-hydroxylation sites is 1. The zero-order chi connectivity index (χ0) is 15.2. The Hall–Kier alpha value is -2.29. The predicted octanol–water partition coefficient (Wildman–Crippen LogP) is 3.88. The third-order valence-electron chi connectivity index (χ3n) is 3.36. The van der Waals surface area contributed by atoms with Crippen molar-refractivity contribution in [3.8, 4) is 5.75 Å². The van der Waals surface area contributed by atoms with Crippen LogP contribution in [0.1, 0.15) is 23.6 Å². The van der Waals surface area contributed by atoms with Crippen molar-refractivity contribution in [2.24, 2.45) is 0 Å². The molecule has 0 bridgehead atoms. The molecule has 0 fully saturated rings. The minimum Gasteiger partial charge on any atom is -0.484 e. The zero-order valence-electron chi connectivity index (χ0n) is 12.8. The maximum atomic E-state index is 12.1. The van der Waals surface area contributed by atoms with Crippen LogP contribution >= 0.6 is 0 Å². The van der Waals surface area contributed by atoms with Crippen LogP contribution < -0.4 is 10.1 Å². The number of carbonyl (C=O) groups excluding carboxylic acids is 1. The molecule has 3 nitrogen and oxygen atoms in total. The first-order valence-corrected chi connectivity index (χ1v) is 7.18. The number of nitrogens with one attached hydrogen (secondary N) is 1. The van der Waals surface area contributed by atoms with Crippen molar-refractivity contribution < 1.29 is 9.53 Å². The lowest BCUT2D eigenvalue weighted by atomic mass is 10.1. The van der Waals surface area contributed by atoms with E-state index >= 15 is 0 Å². The maximum absolute atomic E-state index is 12.1. The highest BCUT2D eigenvalue weighted by molar-refractivity contribution is 5.93. The lowest BCUT2D eigenvalue weighted by Crippen LogP contribution is -2.21. The summed E-state index contributed by atoms with van der Waals surface area (Å²) in [5, 5.41) is 2.95. The molecule has 1 amide bonds. The molecule has 1 N–H and O–H groups in total. The van der Waals surface area contributed by atoms with Crippen LogP contribution in [0.3, 0.4) is 0 Å². The molecule has 3 heteroatoms. The van der Waals surface area contributed by atoms with Crippen molar-refractivity contribution in [1.82, 2.24) is 0 Å². The van der Waals surface area contributed by atoms with E-state index in [2.05, 4.69) is 12.2 Å². The van der Waals surface area contributed by atoms with Crippen LogP contribution in [0.4, 0.5) is 5.69 Å². The van der Waals surface area contributed by atoms with Gasteiger partial charge in [-0.15, -0.1) is 0 Å². The van der Waals surface area contributed by atoms with Crippen LogP contribution in [0.2, 0.25) is 0 Å². The van der Waals surface area contributed by atoms with Gasteiger partial charge in [-0.25, -0.2) is 0 Å². The van der Waals surface area contributed by atoms with Gasteiger partial charge in [0, 0.05) is 5.69 Å². The van der Waals surface area contributed by atoms with E-state index < -0.39 is 0 Å². The fourth-order valence-corrected chi connectivity index (χ4v) is 2.23. The number of ether oxygens (including phenoxy) is 1. The summed E-state index contributed by atoms with van der Waals surface area (Å²) >= 11 is 0. The molecule has 2 aromatic rings. The Morgan fingerprint density at radius 1 is 1.14 bits per heavy atom. The van der Waals surface area contributed by atoms with Crippen molar-refractivity contribution in [1.29, 1.82) is 0 Å². The van der Waals surface area contributed by atoms with Gasteiger partial charge in [0.15, 0.2) is 6.61 Å². The molecule has 0 unspecified atom stereocenters. The van der Waals surface area contributed by atoms with Crippen molar-refractivity contribution >= 4 is 11.6 Å². The van der Waals surface area contributed by atoms with Gasteiger partial charge in [-0.05, 0) is 49.1 Å². The SMILES string of the molecule is CCc1cccc(C)c1NC(=O)COc1cccc(C)c1. The van der Waals surface area contributed by atoms with E-state index in [0.717, 1.165) is 28.8 Å². The molecular weight excluding hydrogens is 262 g/mol. The summed E-state index contributed by atoms with van der Waals surface area (Å²) in [7, 11) is 0. The van der Waals surface area contributed by atoms with Crippen molar-refractivity contribution in [2.45, 2.75) is 27.2 Å². The summed E-state index contributed by atoms with van der Waals surface area (Å²) in [5.74, 6) is 0.575. The molecule has 0 spiro atoms. The van der Waals surface area contributed by atoms with Crippen LogP contribution in [-0.2, 0) is 11.2 Å². The van der Waals surface area contributed by atoms with E-state index in [9.17, 15) is 4.79 Å². The number of benzene rings is 2. The first-order valence-electron chi connectivity index (χ1n) is 7.18. The highest BCUT2D eigenvalue weighted by Crippen LogP contribution is 2.21. The number of carbonyl (C=O) groups is 1. The van der Waals surface area contributed by atoms with Crippen LogP contribution in [0.25, 0.3) is 0 Å². The number of hydrogen-bond donors (Lipinski definition) is 1. The van der Waals surface area contributed by atoms with E-state index in [1.54, 1.807) is 0 Å². The minimum absolute atomic E-state index is 0.0148. The number of rotatable bonds is 5. The average molecular weight is 283 g/mol. The molecule has 0 aliphatic heterocycles. The monoisotopic (exact) mass is 283 g/mol. The molecule has 0 aliphatic rings. The largest absolute Gasteiger partial charge is 0.484 e. The Morgan fingerprint density at radius 3 is 2.62 bits per heavy atom. The zero-order valence-corrected chi connectivity index (χ0v) is 12.8. The number of hydrogen-bond acceptors (Lipinski definition) is 2. The van der Waals surface area contributed by atoms with Gasteiger partial charge in [0.1, 0.15) is 5.75 Å². The van der Waals surface area contributed by atoms with Gasteiger partial charge in [-0.1, -0.05) is 37.3 Å². The van der Waals surface area contributed by atoms with Crippen molar-refractivity contribution in [2.75, 3.05) is 11.9 Å². The highest BCUT2D eigenvalue weighted by atomic mass is 16.5. The van der Waals surface area contributed by atoms with E-state index in [4.69, 9.17) is 4.74 Å². The van der Waals surface area contributed by atoms with E-state index in [0.29, 0.717) is 5.75 Å². The van der Waals surface area contributed by atoms with Gasteiger partial charge < -0.3 is 10.1 Å². The number of anilines is 1. The van der Waals surface area contributed by atoms with Crippen LogP contribution in [0, 0.1) is 13.8 Å². The van der Waals surface area contributed by atoms with Crippen LogP contribution in [0.15, 0.2) is 42.5 Å². The van der Waals surface area contributed by atoms with E-state index in [1.165, 1.54) is 0 Å². The Bertz CT molecular complexity index is 635. The third-order valence-corrected chi connectivity index (χ3v) is 3.36. The van der Waals surface area contributed by atoms with Gasteiger partial charge in [0.05, 0.1) is 0 Å². The van der Waals surface area contributed by atoms with Gasteiger partial charge in [0.2, 0.25) is 0 Å². The molecule has 0 atom stereocenters. The lowest BCUT2D eigenvalue weighted by Gasteiger charge is -2.13. The molecule has 0 saturated heterocycles. The van der Waals surface area contributed by atoms with E-state index in [-0.39, 0.29) is 12.5 Å². The average Bonchev–Trinajstić information content (AvgIpc) is 2.47. The molecule has 0 aromatic heterocycles. The molecule has 21 heavy (non-hydrogen) atoms. The van der Waals surface area contributed by atoms with Gasteiger partial charge >= 0.3 is 0 Å². The maximum Gasteiger partial charge on any atom is 0.262 e. The second-order valence-electron chi connectivity index (χ2n) is 5.12. The van der Waals surface area contributed by atoms with Crippen LogP contribution in [-0.4, -0.2) is 12.5 Å². The summed E-state index contributed by atoms with van der Waals surface area (Å²) < 4.78 is 5.52. The summed E-state index contributed by atoms with van der Waals surface area (Å²) in [6.07, 6.45) is 0.885. The van der Waals surface area contributed by atoms with E-state index in [1.807, 2.05) is 56.3 Å². The quantitative estimate of drug-likeness (QED) is 0.904. The molecule has 0 aliphatic carbocycles. The minimum atomic E-state index is -0.138. The second-order valence-corrected chi connectivity index (χ2v) is 5.12. The van der Waals surface area contributed by atoms with Gasteiger partial charge in [-0.3, -0.25) is 4.79 Å². The normalized spacial score (nSPS) is 10.2. The fraction of sp³-hybridized carbons (Fsp3) is 0.278. The van der Waals surface area contributed by atoms with Crippen molar-refractivity contribution in [3.05, 3.63) is 59.2 Å². The summed E-state index contributed by atoms with van der Waals surface area (Å²) in [6, 6.07) is 13.7. The van der Waals surface area contributed by atoms with Gasteiger partial charge in [0.25, 0.3) is 5.91 Å². The highest BCUT2D eigenvalue weighted by Gasteiger charge is 2.09. The topological polar surface area (TPSA) is 38.3 Å². The second kappa shape index (κ2) is 6.93. The molecule has 0 heterocycles. The summed E-state index contributed by atoms with van der Waals surface area (Å²) in [4.78, 5) is 12.1. The molecule has 2 aromatic carbocycles. The number of aryl methyl sites for hydroxylation is 3. The molecule has 0 radical (unpaired) electrons. The number of amides is 1. The fourth-order valence-electron chi connectivity index (χ4n) is 2.23. The Morgan fingerprint density at radius 2 is 1.90 bits per heavy atom. The third kappa shape index (κ3) is 4.09. The Balaban J connectivity index is 1.99. The molecule has 0 saturated carbocycles.